The maximum atomic E-state index is 12.6. The maximum Gasteiger partial charge on any atom is 0.237 e. The molecule has 0 spiro atoms. The highest BCUT2D eigenvalue weighted by Crippen LogP contribution is 2.34. The molecule has 3 atom stereocenters. The number of nitrogens with one attached hydrogen (secondary N) is 1. The molecule has 2 saturated heterocycles. The summed E-state index contributed by atoms with van der Waals surface area (Å²) in [6, 6.07) is 1.15. The lowest BCUT2D eigenvalue weighted by atomic mass is 9.93. The number of nitrogens with zero attached hydrogens (tertiary/aromatic N) is 2. The summed E-state index contributed by atoms with van der Waals surface area (Å²) in [5, 5.41) is 3.50. The molecule has 0 saturated carbocycles. The molecule has 0 aliphatic carbocycles. The third-order valence-electron chi connectivity index (χ3n) is 4.98. The summed E-state index contributed by atoms with van der Waals surface area (Å²) in [7, 11) is 0. The number of carbonyl (C=O) groups is 1. The zero-order valence-electron chi connectivity index (χ0n) is 13.7. The van der Waals surface area contributed by atoms with Gasteiger partial charge in [-0.15, -0.1) is 0 Å². The number of amides is 1. The van der Waals surface area contributed by atoms with Gasteiger partial charge in [-0.3, -0.25) is 9.69 Å². The van der Waals surface area contributed by atoms with Gasteiger partial charge in [-0.05, 0) is 59.0 Å². The third kappa shape index (κ3) is 3.01. The van der Waals surface area contributed by atoms with E-state index in [1.807, 2.05) is 4.90 Å². The first kappa shape index (κ1) is 15.8. The summed E-state index contributed by atoms with van der Waals surface area (Å²) in [5.74, 6) is 1.79. The predicted octanol–water partition coefficient (Wildman–Crippen LogP) is 1.56. The van der Waals surface area contributed by atoms with Crippen LogP contribution in [0.2, 0.25) is 0 Å². The molecule has 3 unspecified atom stereocenters. The van der Waals surface area contributed by atoms with Crippen LogP contribution in [0.3, 0.4) is 0 Å². The van der Waals surface area contributed by atoms with Crippen molar-refractivity contribution in [2.45, 2.75) is 59.2 Å². The molecule has 4 heteroatoms. The summed E-state index contributed by atoms with van der Waals surface area (Å²) in [4.78, 5) is 17.1. The maximum absolute atomic E-state index is 12.6. The lowest BCUT2D eigenvalue weighted by Crippen LogP contribution is -2.48. The fraction of sp³-hybridized carbons (Fsp3) is 0.938. The van der Waals surface area contributed by atoms with Crippen LogP contribution in [0.5, 0.6) is 0 Å². The molecular formula is C16H31N3O. The first-order valence-electron chi connectivity index (χ1n) is 8.21. The monoisotopic (exact) mass is 281 g/mol. The highest BCUT2D eigenvalue weighted by Gasteiger charge is 2.43. The van der Waals surface area contributed by atoms with Gasteiger partial charge >= 0.3 is 0 Å². The van der Waals surface area contributed by atoms with Crippen LogP contribution in [0.1, 0.15) is 41.0 Å². The summed E-state index contributed by atoms with van der Waals surface area (Å²) in [6.07, 6.45) is 1.15. The molecule has 2 heterocycles. The zero-order chi connectivity index (χ0) is 14.9. The second-order valence-electron chi connectivity index (χ2n) is 6.98. The number of rotatable bonds is 5. The van der Waals surface area contributed by atoms with E-state index in [1.54, 1.807) is 0 Å². The molecule has 0 aromatic heterocycles. The van der Waals surface area contributed by atoms with Gasteiger partial charge in [-0.25, -0.2) is 0 Å². The number of likely N-dealkylation sites (tertiary alicyclic amines) is 1. The minimum Gasteiger partial charge on any atom is -0.337 e. The Morgan fingerprint density at radius 1 is 1.25 bits per heavy atom. The Labute approximate surface area is 123 Å². The van der Waals surface area contributed by atoms with Gasteiger partial charge in [-0.1, -0.05) is 6.92 Å². The van der Waals surface area contributed by atoms with Crippen molar-refractivity contribution in [2.75, 3.05) is 26.2 Å². The van der Waals surface area contributed by atoms with Crippen LogP contribution >= 0.6 is 0 Å². The molecule has 0 radical (unpaired) electrons. The van der Waals surface area contributed by atoms with E-state index >= 15 is 0 Å². The molecule has 20 heavy (non-hydrogen) atoms. The van der Waals surface area contributed by atoms with E-state index < -0.39 is 0 Å². The lowest BCUT2D eigenvalue weighted by Gasteiger charge is -2.34. The number of carbonyl (C=O) groups excluding carboxylic acids is 1. The lowest BCUT2D eigenvalue weighted by molar-refractivity contribution is -0.136. The quantitative estimate of drug-likeness (QED) is 0.831. The number of hydrogen-bond donors (Lipinski definition) is 1. The average molecular weight is 281 g/mol. The van der Waals surface area contributed by atoms with Crippen LogP contribution in [0.4, 0.5) is 0 Å². The van der Waals surface area contributed by atoms with Crippen LogP contribution in [-0.4, -0.2) is 60.0 Å². The molecule has 0 aromatic rings. The van der Waals surface area contributed by atoms with Gasteiger partial charge < -0.3 is 10.2 Å². The van der Waals surface area contributed by atoms with E-state index in [4.69, 9.17) is 0 Å². The third-order valence-corrected chi connectivity index (χ3v) is 4.98. The fourth-order valence-electron chi connectivity index (χ4n) is 4.28. The molecular weight excluding hydrogens is 250 g/mol. The largest absolute Gasteiger partial charge is 0.337 e. The summed E-state index contributed by atoms with van der Waals surface area (Å²) in [6.45, 7) is 14.6. The Kier molecular flexibility index (Phi) is 5.08. The molecule has 4 nitrogen and oxygen atoms in total. The standard InChI is InChI=1S/C16H31N3O/c1-6-15-14-8-17-7-13(14)9-18(15)10-16(20)19(11(2)3)12(4)5/h11-15,17H,6-10H2,1-5H3. The normalized spacial score (nSPS) is 30.2. The van der Waals surface area contributed by atoms with Crippen molar-refractivity contribution in [3.8, 4) is 0 Å². The zero-order valence-corrected chi connectivity index (χ0v) is 13.7. The van der Waals surface area contributed by atoms with Crippen molar-refractivity contribution in [3.63, 3.8) is 0 Å². The van der Waals surface area contributed by atoms with Gasteiger partial charge in [0.2, 0.25) is 5.91 Å². The second-order valence-corrected chi connectivity index (χ2v) is 6.98. The van der Waals surface area contributed by atoms with Crippen LogP contribution in [0.15, 0.2) is 0 Å². The van der Waals surface area contributed by atoms with E-state index in [9.17, 15) is 4.79 Å². The average Bonchev–Trinajstić information content (AvgIpc) is 2.87. The van der Waals surface area contributed by atoms with Crippen molar-refractivity contribution in [1.82, 2.24) is 15.1 Å². The molecule has 2 aliphatic rings. The smallest absolute Gasteiger partial charge is 0.237 e. The van der Waals surface area contributed by atoms with Crippen molar-refractivity contribution >= 4 is 5.91 Å². The van der Waals surface area contributed by atoms with Crippen molar-refractivity contribution in [2.24, 2.45) is 11.8 Å². The van der Waals surface area contributed by atoms with E-state index in [2.05, 4.69) is 44.8 Å². The predicted molar refractivity (Wildman–Crippen MR) is 82.6 cm³/mol. The fourth-order valence-corrected chi connectivity index (χ4v) is 4.28. The van der Waals surface area contributed by atoms with Crippen LogP contribution in [0, 0.1) is 11.8 Å². The first-order chi connectivity index (χ1) is 9.45. The minimum absolute atomic E-state index is 0.284. The summed E-state index contributed by atoms with van der Waals surface area (Å²) >= 11 is 0. The molecule has 0 bridgehead atoms. The van der Waals surface area contributed by atoms with Gasteiger partial charge in [0.1, 0.15) is 0 Å². The van der Waals surface area contributed by atoms with Crippen LogP contribution in [-0.2, 0) is 4.79 Å². The Bertz CT molecular complexity index is 335. The number of hydrogen-bond acceptors (Lipinski definition) is 3. The van der Waals surface area contributed by atoms with Gasteiger partial charge in [0, 0.05) is 24.7 Å². The number of fused-ring (bicyclic) bond motifs is 1. The van der Waals surface area contributed by atoms with E-state index in [1.165, 1.54) is 0 Å². The Balaban J connectivity index is 2.00. The van der Waals surface area contributed by atoms with Crippen LogP contribution in [0.25, 0.3) is 0 Å². The molecule has 1 N–H and O–H groups in total. The second kappa shape index (κ2) is 6.44. The topological polar surface area (TPSA) is 35.6 Å². The van der Waals surface area contributed by atoms with Crippen molar-refractivity contribution < 1.29 is 4.79 Å². The van der Waals surface area contributed by atoms with E-state index in [-0.39, 0.29) is 12.1 Å². The Morgan fingerprint density at radius 3 is 2.45 bits per heavy atom. The van der Waals surface area contributed by atoms with Crippen molar-refractivity contribution in [1.29, 1.82) is 0 Å². The van der Waals surface area contributed by atoms with E-state index in [0.717, 1.165) is 37.9 Å². The van der Waals surface area contributed by atoms with Crippen molar-refractivity contribution in [3.05, 3.63) is 0 Å². The molecule has 2 rings (SSSR count). The van der Waals surface area contributed by atoms with Gasteiger partial charge in [0.05, 0.1) is 6.54 Å². The first-order valence-corrected chi connectivity index (χ1v) is 8.21. The Morgan fingerprint density at radius 2 is 1.90 bits per heavy atom. The summed E-state index contributed by atoms with van der Waals surface area (Å²) < 4.78 is 0. The Hall–Kier alpha value is -0.610. The minimum atomic E-state index is 0.284. The summed E-state index contributed by atoms with van der Waals surface area (Å²) in [5.41, 5.74) is 0. The molecule has 2 aliphatic heterocycles. The van der Waals surface area contributed by atoms with Gasteiger partial charge in [-0.2, -0.15) is 0 Å². The molecule has 0 aromatic carbocycles. The van der Waals surface area contributed by atoms with E-state index in [0.29, 0.717) is 18.5 Å². The van der Waals surface area contributed by atoms with Crippen LogP contribution < -0.4 is 5.32 Å². The van der Waals surface area contributed by atoms with Gasteiger partial charge in [0.25, 0.3) is 0 Å². The molecule has 2 fully saturated rings. The highest BCUT2D eigenvalue weighted by molar-refractivity contribution is 5.79. The molecule has 1 amide bonds. The highest BCUT2D eigenvalue weighted by atomic mass is 16.2. The SMILES string of the molecule is CCC1C2CNCC2CN1CC(=O)N(C(C)C)C(C)C. The molecule has 116 valence electrons. The van der Waals surface area contributed by atoms with Gasteiger partial charge in [0.15, 0.2) is 0 Å².